The Labute approximate surface area is 206 Å². The number of pyridine rings is 1. The molecular weight excluding hydrogens is 442 g/mol. The van der Waals surface area contributed by atoms with Crippen LogP contribution in [0.15, 0.2) is 67.0 Å². The number of morpholine rings is 1. The zero-order valence-corrected chi connectivity index (χ0v) is 20.2. The van der Waals surface area contributed by atoms with Crippen LogP contribution in [0.25, 0.3) is 0 Å². The van der Waals surface area contributed by atoms with E-state index in [2.05, 4.69) is 74.4 Å². The Balaban J connectivity index is 1.38. The van der Waals surface area contributed by atoms with E-state index in [-0.39, 0.29) is 12.1 Å². The van der Waals surface area contributed by atoms with E-state index in [4.69, 9.17) is 21.9 Å². The molecule has 2 aliphatic heterocycles. The van der Waals surface area contributed by atoms with Gasteiger partial charge < -0.3 is 24.4 Å². The molecule has 0 unspecified atom stereocenters. The highest BCUT2D eigenvalue weighted by atomic mass is 32.1. The van der Waals surface area contributed by atoms with Gasteiger partial charge in [0.1, 0.15) is 6.04 Å². The molecule has 0 radical (unpaired) electrons. The summed E-state index contributed by atoms with van der Waals surface area (Å²) in [5, 5.41) is 4.36. The van der Waals surface area contributed by atoms with Crippen molar-refractivity contribution in [3.63, 3.8) is 0 Å². The number of ether oxygens (including phenoxy) is 1. The fourth-order valence-corrected chi connectivity index (χ4v) is 6.10. The molecule has 1 aromatic carbocycles. The summed E-state index contributed by atoms with van der Waals surface area (Å²) in [6, 6.07) is 20.0. The van der Waals surface area contributed by atoms with Crippen molar-refractivity contribution < 1.29 is 4.74 Å². The summed E-state index contributed by atoms with van der Waals surface area (Å²) >= 11 is 5.94. The maximum absolute atomic E-state index is 5.94. The van der Waals surface area contributed by atoms with Crippen molar-refractivity contribution in [1.82, 2.24) is 14.9 Å². The summed E-state index contributed by atoms with van der Waals surface area (Å²) < 4.78 is 8.02. The Hall–Kier alpha value is -2.90. The lowest BCUT2D eigenvalue weighted by Gasteiger charge is -2.32. The number of hydrogen-bond acceptors (Lipinski definition) is 4. The second-order valence-corrected chi connectivity index (χ2v) is 9.78. The van der Waals surface area contributed by atoms with Crippen molar-refractivity contribution in [3.8, 4) is 0 Å². The summed E-state index contributed by atoms with van der Waals surface area (Å²) in [4.78, 5) is 9.38. The van der Waals surface area contributed by atoms with Crippen LogP contribution in [0.2, 0.25) is 0 Å². The van der Waals surface area contributed by atoms with Crippen LogP contribution >= 0.6 is 12.2 Å². The van der Waals surface area contributed by atoms with Gasteiger partial charge in [0.15, 0.2) is 5.11 Å². The standard InChI is InChI=1S/C27H31N5OS/c34-27-29-25(23-8-3-4-14-28-23)26(24-9-5-15-31(24)21-6-1-2-7-21)32(27)22-12-10-20(11-13-22)30-16-18-33-19-17-30/h3-5,8-15,21,25-26H,1-2,6-7,16-19H2,(H,29,34)/t25-,26-/m1/s1. The monoisotopic (exact) mass is 473 g/mol. The van der Waals surface area contributed by atoms with Gasteiger partial charge >= 0.3 is 0 Å². The van der Waals surface area contributed by atoms with Crippen molar-refractivity contribution in [2.45, 2.75) is 43.8 Å². The van der Waals surface area contributed by atoms with E-state index in [1.807, 2.05) is 12.3 Å². The third kappa shape index (κ3) is 3.97. The van der Waals surface area contributed by atoms with Gasteiger partial charge in [0.05, 0.1) is 24.9 Å². The minimum Gasteiger partial charge on any atom is -0.378 e. The molecule has 3 aromatic rings. The maximum Gasteiger partial charge on any atom is 0.174 e. The lowest BCUT2D eigenvalue weighted by molar-refractivity contribution is 0.122. The molecule has 34 heavy (non-hydrogen) atoms. The van der Waals surface area contributed by atoms with Crippen molar-refractivity contribution in [2.24, 2.45) is 0 Å². The summed E-state index contributed by atoms with van der Waals surface area (Å²) in [5.41, 5.74) is 4.66. The molecule has 1 saturated carbocycles. The zero-order chi connectivity index (χ0) is 22.9. The van der Waals surface area contributed by atoms with Gasteiger partial charge in [-0.1, -0.05) is 18.9 Å². The fraction of sp³-hybridized carbons (Fsp3) is 0.407. The van der Waals surface area contributed by atoms with E-state index in [1.54, 1.807) is 0 Å². The minimum absolute atomic E-state index is 0.0114. The van der Waals surface area contributed by atoms with E-state index >= 15 is 0 Å². The highest BCUT2D eigenvalue weighted by Gasteiger charge is 2.42. The van der Waals surface area contributed by atoms with Crippen LogP contribution in [-0.2, 0) is 4.74 Å². The third-order valence-electron chi connectivity index (χ3n) is 7.44. The van der Waals surface area contributed by atoms with Crippen LogP contribution in [0.5, 0.6) is 0 Å². The first-order valence-electron chi connectivity index (χ1n) is 12.4. The van der Waals surface area contributed by atoms with Crippen LogP contribution in [0.4, 0.5) is 11.4 Å². The smallest absolute Gasteiger partial charge is 0.174 e. The second kappa shape index (κ2) is 9.39. The van der Waals surface area contributed by atoms with Crippen LogP contribution in [-0.4, -0.2) is 41.0 Å². The zero-order valence-electron chi connectivity index (χ0n) is 19.3. The predicted molar refractivity (Wildman–Crippen MR) is 139 cm³/mol. The molecule has 6 rings (SSSR count). The summed E-state index contributed by atoms with van der Waals surface area (Å²) in [6.07, 6.45) is 9.22. The van der Waals surface area contributed by atoms with Gasteiger partial charge in [-0.25, -0.2) is 0 Å². The molecule has 6 nitrogen and oxygen atoms in total. The molecule has 4 heterocycles. The molecule has 2 aromatic heterocycles. The van der Waals surface area contributed by atoms with Gasteiger partial charge in [0.25, 0.3) is 0 Å². The molecule has 2 saturated heterocycles. The molecule has 0 amide bonds. The molecule has 3 aliphatic rings. The minimum atomic E-state index is -0.0114. The van der Waals surface area contributed by atoms with Crippen molar-refractivity contribution in [1.29, 1.82) is 0 Å². The summed E-state index contributed by atoms with van der Waals surface area (Å²) in [6.45, 7) is 3.44. The van der Waals surface area contributed by atoms with Crippen molar-refractivity contribution in [3.05, 3.63) is 78.4 Å². The molecule has 0 bridgehead atoms. The van der Waals surface area contributed by atoms with E-state index in [1.165, 1.54) is 37.1 Å². The lowest BCUT2D eigenvalue weighted by Crippen LogP contribution is -2.36. The first-order valence-corrected chi connectivity index (χ1v) is 12.8. The highest BCUT2D eigenvalue weighted by molar-refractivity contribution is 7.80. The molecular formula is C27H31N5OS. The molecule has 176 valence electrons. The number of rotatable bonds is 5. The van der Waals surface area contributed by atoms with E-state index in [9.17, 15) is 0 Å². The molecule has 1 aliphatic carbocycles. The van der Waals surface area contributed by atoms with Gasteiger partial charge in [0.2, 0.25) is 0 Å². The normalized spacial score (nSPS) is 23.5. The average molecular weight is 474 g/mol. The molecule has 3 fully saturated rings. The number of anilines is 2. The Kier molecular flexibility index (Phi) is 5.97. The van der Waals surface area contributed by atoms with Gasteiger partial charge in [-0.15, -0.1) is 0 Å². The van der Waals surface area contributed by atoms with Crippen LogP contribution in [0.3, 0.4) is 0 Å². The molecule has 2 atom stereocenters. The van der Waals surface area contributed by atoms with Gasteiger partial charge in [0, 0.05) is 48.6 Å². The van der Waals surface area contributed by atoms with Crippen LogP contribution < -0.4 is 15.1 Å². The number of benzene rings is 1. The van der Waals surface area contributed by atoms with E-state index in [0.717, 1.165) is 42.8 Å². The van der Waals surface area contributed by atoms with E-state index < -0.39 is 0 Å². The Morgan fingerprint density at radius 3 is 2.41 bits per heavy atom. The third-order valence-corrected chi connectivity index (χ3v) is 7.75. The van der Waals surface area contributed by atoms with Gasteiger partial charge in [-0.3, -0.25) is 4.98 Å². The summed E-state index contributed by atoms with van der Waals surface area (Å²) in [7, 11) is 0. The van der Waals surface area contributed by atoms with Gasteiger partial charge in [-0.2, -0.15) is 0 Å². The van der Waals surface area contributed by atoms with Crippen LogP contribution in [0.1, 0.15) is 55.2 Å². The first-order chi connectivity index (χ1) is 16.8. The fourth-order valence-electron chi connectivity index (χ4n) is 5.75. The molecule has 0 spiro atoms. The Morgan fingerprint density at radius 2 is 1.68 bits per heavy atom. The number of aromatic nitrogens is 2. The Bertz CT molecular complexity index is 1120. The second-order valence-electron chi connectivity index (χ2n) is 9.39. The molecule has 1 N–H and O–H groups in total. The number of nitrogens with one attached hydrogen (secondary N) is 1. The molecule has 7 heteroatoms. The van der Waals surface area contributed by atoms with Crippen molar-refractivity contribution in [2.75, 3.05) is 36.1 Å². The van der Waals surface area contributed by atoms with E-state index in [0.29, 0.717) is 6.04 Å². The lowest BCUT2D eigenvalue weighted by atomic mass is 10.00. The maximum atomic E-state index is 5.94. The quantitative estimate of drug-likeness (QED) is 0.526. The van der Waals surface area contributed by atoms with Gasteiger partial charge in [-0.05, 0) is 73.6 Å². The Morgan fingerprint density at radius 1 is 0.912 bits per heavy atom. The highest BCUT2D eigenvalue weighted by Crippen LogP contribution is 2.44. The topological polar surface area (TPSA) is 45.6 Å². The number of nitrogens with zero attached hydrogens (tertiary/aromatic N) is 4. The largest absolute Gasteiger partial charge is 0.378 e. The van der Waals surface area contributed by atoms with Crippen molar-refractivity contribution >= 4 is 28.7 Å². The predicted octanol–water partition coefficient (Wildman–Crippen LogP) is 5.01. The first kappa shape index (κ1) is 21.6. The number of hydrogen-bond donors (Lipinski definition) is 1. The summed E-state index contributed by atoms with van der Waals surface area (Å²) in [5.74, 6) is 0. The SMILES string of the molecule is S=C1N[C@H](c2ccccn2)[C@@H](c2cccn2C2CCCC2)N1c1ccc(N2CCOCC2)cc1. The van der Waals surface area contributed by atoms with Crippen LogP contribution in [0, 0.1) is 0 Å². The number of thiocarbonyl (C=S) groups is 1. The average Bonchev–Trinajstić information content (AvgIpc) is 3.65.